The molecule has 0 spiro atoms. The molecule has 0 radical (unpaired) electrons. The molecular formula is C35H58N6O6. The van der Waals surface area contributed by atoms with Crippen molar-refractivity contribution in [2.75, 3.05) is 19.6 Å². The molecule has 0 aromatic carbocycles. The Kier molecular flexibility index (Phi) is 11.9. The van der Waals surface area contributed by atoms with E-state index in [2.05, 4.69) is 22.5 Å². The zero-order chi connectivity index (χ0) is 35.5. The Hall–Kier alpha value is -3.44. The maximum Gasteiger partial charge on any atom is 0.316 e. The van der Waals surface area contributed by atoms with Crippen LogP contribution in [0.15, 0.2) is 12.7 Å². The van der Waals surface area contributed by atoms with Crippen molar-refractivity contribution in [3.8, 4) is 0 Å². The molecule has 3 fully saturated rings. The largest absolute Gasteiger partial charge is 0.363 e. The Morgan fingerprint density at radius 3 is 2.02 bits per heavy atom. The monoisotopic (exact) mass is 658 g/mol. The standard InChI is InChI=1S/C35H58N6O6/c1-10-34(7,8)23-19-25(29(44)37-24(18-22-14-15-22)26(42)28(36)43)41(20-23)30(45)27(33(4,5)6)38-32(47)39-35(9,21(2)3)31(46)40-16-12-11-13-17-40/h10,21-25,27H,1,11-20H2,2-9H3,(H2,36,43)(H,37,44)(H2,38,39,47)/t23-,24?,25+,27-,35-/m1/s1. The Morgan fingerprint density at radius 2 is 1.53 bits per heavy atom. The minimum Gasteiger partial charge on any atom is -0.363 e. The molecule has 3 aliphatic rings. The van der Waals surface area contributed by atoms with Crippen LogP contribution < -0.4 is 21.7 Å². The topological polar surface area (TPSA) is 171 Å². The van der Waals surface area contributed by atoms with Crippen molar-refractivity contribution in [3.05, 3.63) is 12.7 Å². The van der Waals surface area contributed by atoms with Gasteiger partial charge >= 0.3 is 6.03 Å². The number of allylic oxidation sites excluding steroid dienone is 1. The second-order valence-corrected chi connectivity index (χ2v) is 16.0. The summed E-state index contributed by atoms with van der Waals surface area (Å²) in [4.78, 5) is 83.4. The molecule has 12 nitrogen and oxygen atoms in total. The number of nitrogens with zero attached hydrogens (tertiary/aromatic N) is 2. The summed E-state index contributed by atoms with van der Waals surface area (Å²) in [5.41, 5.74) is 2.90. The van der Waals surface area contributed by atoms with Crippen molar-refractivity contribution in [2.45, 2.75) is 124 Å². The molecule has 0 aromatic heterocycles. The van der Waals surface area contributed by atoms with E-state index in [1.54, 1.807) is 17.9 Å². The summed E-state index contributed by atoms with van der Waals surface area (Å²) in [5, 5.41) is 8.50. The predicted molar refractivity (Wildman–Crippen MR) is 180 cm³/mol. The SMILES string of the molecule is C=CC(C)(C)[C@@H]1C[C@@H](C(=O)NC(CC2CC2)C(=O)C(N)=O)N(C(=O)[C@@H](NC(=O)N[C@@](C)(C(=O)N2CCCCC2)C(C)C)C(C)(C)C)C1. The van der Waals surface area contributed by atoms with E-state index in [1.165, 1.54) is 4.90 Å². The molecule has 6 amide bonds. The number of likely N-dealkylation sites (tertiary alicyclic amines) is 2. The smallest absolute Gasteiger partial charge is 0.316 e. The fourth-order valence-electron chi connectivity index (χ4n) is 6.48. The molecule has 5 N–H and O–H groups in total. The Morgan fingerprint density at radius 1 is 0.936 bits per heavy atom. The third-order valence-corrected chi connectivity index (χ3v) is 10.6. The van der Waals surface area contributed by atoms with Crippen molar-refractivity contribution >= 4 is 35.4 Å². The maximum absolute atomic E-state index is 14.5. The van der Waals surface area contributed by atoms with E-state index in [0.717, 1.165) is 32.1 Å². The van der Waals surface area contributed by atoms with Crippen LogP contribution in [-0.2, 0) is 24.0 Å². The first kappa shape index (κ1) is 38.0. The molecule has 2 saturated heterocycles. The van der Waals surface area contributed by atoms with Crippen LogP contribution in [0.25, 0.3) is 0 Å². The van der Waals surface area contributed by atoms with Crippen LogP contribution in [0.2, 0.25) is 0 Å². The first-order valence-corrected chi connectivity index (χ1v) is 17.2. The van der Waals surface area contributed by atoms with E-state index in [4.69, 9.17) is 5.73 Å². The molecule has 1 saturated carbocycles. The highest BCUT2D eigenvalue weighted by atomic mass is 16.2. The molecular weight excluding hydrogens is 600 g/mol. The second-order valence-electron chi connectivity index (χ2n) is 16.0. The summed E-state index contributed by atoms with van der Waals surface area (Å²) in [5.74, 6) is -3.28. The van der Waals surface area contributed by atoms with Gasteiger partial charge in [-0.1, -0.05) is 67.4 Å². The van der Waals surface area contributed by atoms with E-state index in [-0.39, 0.29) is 30.2 Å². The number of carbonyl (C=O) groups excluding carboxylic acids is 6. The highest BCUT2D eigenvalue weighted by Gasteiger charge is 2.49. The van der Waals surface area contributed by atoms with E-state index in [1.807, 2.05) is 48.5 Å². The lowest BCUT2D eigenvalue weighted by molar-refractivity contribution is -0.143. The second kappa shape index (κ2) is 14.8. The zero-order valence-corrected chi connectivity index (χ0v) is 29.7. The molecule has 3 rings (SSSR count). The lowest BCUT2D eigenvalue weighted by Crippen LogP contribution is -2.66. The van der Waals surface area contributed by atoms with Gasteiger partial charge in [-0.2, -0.15) is 0 Å². The van der Waals surface area contributed by atoms with Crippen LogP contribution in [-0.4, -0.2) is 88.5 Å². The number of primary amides is 1. The van der Waals surface area contributed by atoms with Gasteiger partial charge in [-0.25, -0.2) is 4.79 Å². The van der Waals surface area contributed by atoms with Gasteiger partial charge in [0, 0.05) is 19.6 Å². The quantitative estimate of drug-likeness (QED) is 0.175. The summed E-state index contributed by atoms with van der Waals surface area (Å²) in [6, 6.07) is -3.73. The number of nitrogens with two attached hydrogens (primary N) is 1. The Labute approximate surface area is 280 Å². The fraction of sp³-hybridized carbons (Fsp3) is 0.771. The van der Waals surface area contributed by atoms with Crippen LogP contribution in [0.1, 0.15) is 100 Å². The number of nitrogens with one attached hydrogen (secondary N) is 3. The molecule has 12 heteroatoms. The van der Waals surface area contributed by atoms with Gasteiger partial charge in [-0.15, -0.1) is 6.58 Å². The maximum atomic E-state index is 14.5. The van der Waals surface area contributed by atoms with Gasteiger partial charge in [0.05, 0.1) is 6.04 Å². The summed E-state index contributed by atoms with van der Waals surface area (Å²) in [6.45, 7) is 20.4. The predicted octanol–water partition coefficient (Wildman–Crippen LogP) is 2.90. The number of amides is 6. The number of piperidine rings is 1. The van der Waals surface area contributed by atoms with Crippen LogP contribution >= 0.6 is 0 Å². The minimum absolute atomic E-state index is 0.144. The number of Topliss-reactive ketones (excluding diaryl/α,β-unsaturated/α-hetero) is 1. The molecule has 0 bridgehead atoms. The normalized spacial score (nSPS) is 22.9. The molecule has 1 aliphatic carbocycles. The number of hydrogen-bond acceptors (Lipinski definition) is 6. The summed E-state index contributed by atoms with van der Waals surface area (Å²) in [6.07, 6.45) is 7.12. The zero-order valence-electron chi connectivity index (χ0n) is 29.7. The van der Waals surface area contributed by atoms with Crippen molar-refractivity contribution in [3.63, 3.8) is 0 Å². The van der Waals surface area contributed by atoms with Crippen LogP contribution in [0, 0.1) is 28.6 Å². The van der Waals surface area contributed by atoms with Crippen LogP contribution in [0.4, 0.5) is 4.79 Å². The number of urea groups is 1. The van der Waals surface area contributed by atoms with E-state index >= 15 is 0 Å². The van der Waals surface area contributed by atoms with Gasteiger partial charge in [0.15, 0.2) is 0 Å². The van der Waals surface area contributed by atoms with Gasteiger partial charge in [0.25, 0.3) is 5.91 Å². The lowest BCUT2D eigenvalue weighted by atomic mass is 9.77. The van der Waals surface area contributed by atoms with Gasteiger partial charge < -0.3 is 31.5 Å². The van der Waals surface area contributed by atoms with Crippen LogP contribution in [0.5, 0.6) is 0 Å². The van der Waals surface area contributed by atoms with E-state index < -0.39 is 64.0 Å². The number of carbonyl (C=O) groups is 6. The van der Waals surface area contributed by atoms with Crippen molar-refractivity contribution in [1.29, 1.82) is 0 Å². The van der Waals surface area contributed by atoms with Gasteiger partial charge in [-0.05, 0) is 67.6 Å². The van der Waals surface area contributed by atoms with Gasteiger partial charge in [0.2, 0.25) is 23.5 Å². The number of hydrogen-bond donors (Lipinski definition) is 4. The molecule has 47 heavy (non-hydrogen) atoms. The Balaban J connectivity index is 1.88. The van der Waals surface area contributed by atoms with E-state index in [0.29, 0.717) is 25.9 Å². The summed E-state index contributed by atoms with van der Waals surface area (Å²) in [7, 11) is 0. The average molecular weight is 659 g/mol. The van der Waals surface area contributed by atoms with Crippen LogP contribution in [0.3, 0.4) is 0 Å². The molecule has 0 aromatic rings. The van der Waals surface area contributed by atoms with Crippen molar-refractivity contribution in [2.24, 2.45) is 34.3 Å². The molecule has 2 heterocycles. The lowest BCUT2D eigenvalue weighted by Gasteiger charge is -2.40. The highest BCUT2D eigenvalue weighted by Crippen LogP contribution is 2.40. The molecule has 1 unspecified atom stereocenters. The molecule has 2 aliphatic heterocycles. The van der Waals surface area contributed by atoms with Gasteiger partial charge in [-0.3, -0.25) is 24.0 Å². The third kappa shape index (κ3) is 9.13. The van der Waals surface area contributed by atoms with E-state index in [9.17, 15) is 28.8 Å². The first-order chi connectivity index (χ1) is 21.7. The molecule has 264 valence electrons. The summed E-state index contributed by atoms with van der Waals surface area (Å²) >= 11 is 0. The number of ketones is 1. The fourth-order valence-corrected chi connectivity index (χ4v) is 6.48. The van der Waals surface area contributed by atoms with Crippen molar-refractivity contribution in [1.82, 2.24) is 25.8 Å². The average Bonchev–Trinajstić information content (AvgIpc) is 3.70. The summed E-state index contributed by atoms with van der Waals surface area (Å²) < 4.78 is 0. The minimum atomic E-state index is -1.20. The number of rotatable bonds is 13. The molecule has 5 atom stereocenters. The first-order valence-electron chi connectivity index (χ1n) is 17.2. The highest BCUT2D eigenvalue weighted by molar-refractivity contribution is 6.37. The van der Waals surface area contributed by atoms with Gasteiger partial charge in [0.1, 0.15) is 17.6 Å². The Bertz CT molecular complexity index is 1230. The van der Waals surface area contributed by atoms with Crippen molar-refractivity contribution < 1.29 is 28.8 Å². The third-order valence-electron chi connectivity index (χ3n) is 10.6.